The molecule has 0 amide bonds. The Labute approximate surface area is 156 Å². The first-order valence-electron chi connectivity index (χ1n) is 10.7. The third-order valence-corrected chi connectivity index (χ3v) is 8.23. The first-order chi connectivity index (χ1) is 12.6. The molecule has 0 radical (unpaired) electrons. The predicted octanol–water partition coefficient (Wildman–Crippen LogP) is 4.37. The molecule has 0 atom stereocenters. The maximum atomic E-state index is 12.2. The van der Waals surface area contributed by atoms with E-state index in [-0.39, 0.29) is 0 Å². The van der Waals surface area contributed by atoms with Crippen molar-refractivity contribution in [2.45, 2.75) is 75.3 Å². The zero-order chi connectivity index (χ0) is 17.7. The summed E-state index contributed by atoms with van der Waals surface area (Å²) in [6.07, 6.45) is 10.8. The van der Waals surface area contributed by atoms with E-state index in [9.17, 15) is 9.90 Å². The number of rotatable bonds is 4. The van der Waals surface area contributed by atoms with Crippen LogP contribution in [0.15, 0.2) is 30.3 Å². The molecule has 3 nitrogen and oxygen atoms in total. The van der Waals surface area contributed by atoms with Gasteiger partial charge in [0.1, 0.15) is 0 Å². The van der Waals surface area contributed by atoms with Crippen molar-refractivity contribution in [3.8, 4) is 0 Å². The van der Waals surface area contributed by atoms with Gasteiger partial charge in [0.05, 0.1) is 5.41 Å². The van der Waals surface area contributed by atoms with Gasteiger partial charge in [-0.25, -0.2) is 0 Å². The molecule has 1 aromatic carbocycles. The third-order valence-electron chi connectivity index (χ3n) is 8.23. The van der Waals surface area contributed by atoms with Gasteiger partial charge in [-0.05, 0) is 87.0 Å². The van der Waals surface area contributed by atoms with Crippen molar-refractivity contribution < 1.29 is 9.90 Å². The Kier molecular flexibility index (Phi) is 4.11. The van der Waals surface area contributed by atoms with E-state index in [1.165, 1.54) is 32.1 Å². The lowest BCUT2D eigenvalue weighted by atomic mass is 9.54. The second kappa shape index (κ2) is 6.37. The minimum Gasteiger partial charge on any atom is -0.481 e. The Bertz CT molecular complexity index is 634. The summed E-state index contributed by atoms with van der Waals surface area (Å²) in [5.41, 5.74) is 0.310. The van der Waals surface area contributed by atoms with Crippen LogP contribution in [-0.4, -0.2) is 23.2 Å². The van der Waals surface area contributed by atoms with Crippen LogP contribution in [0, 0.1) is 23.7 Å². The first kappa shape index (κ1) is 16.8. The smallest absolute Gasteiger partial charge is 0.314 e. The maximum Gasteiger partial charge on any atom is 0.314 e. The van der Waals surface area contributed by atoms with Crippen LogP contribution in [-0.2, 0) is 10.2 Å². The molecule has 0 unspecified atom stereocenters. The van der Waals surface area contributed by atoms with E-state index in [4.69, 9.17) is 0 Å². The summed E-state index contributed by atoms with van der Waals surface area (Å²) in [6, 6.07) is 11.1. The largest absolute Gasteiger partial charge is 0.481 e. The molecule has 0 spiro atoms. The van der Waals surface area contributed by atoms with Gasteiger partial charge >= 0.3 is 5.97 Å². The maximum absolute atomic E-state index is 12.2. The van der Waals surface area contributed by atoms with Gasteiger partial charge in [-0.1, -0.05) is 30.3 Å². The molecule has 0 heterocycles. The molecule has 5 saturated carbocycles. The summed E-state index contributed by atoms with van der Waals surface area (Å²) >= 11 is 0. The van der Waals surface area contributed by atoms with Crippen LogP contribution in [0.3, 0.4) is 0 Å². The lowest BCUT2D eigenvalue weighted by Crippen LogP contribution is -2.57. The minimum absolute atomic E-state index is 0.508. The van der Waals surface area contributed by atoms with Crippen LogP contribution in [0.1, 0.15) is 63.4 Å². The Morgan fingerprint density at radius 1 is 0.923 bits per heavy atom. The van der Waals surface area contributed by atoms with E-state index in [1.54, 1.807) is 0 Å². The fourth-order valence-corrected chi connectivity index (χ4v) is 7.13. The van der Waals surface area contributed by atoms with Crippen LogP contribution in [0.5, 0.6) is 0 Å². The summed E-state index contributed by atoms with van der Waals surface area (Å²) in [5.74, 6) is 3.18. The number of nitrogens with one attached hydrogen (secondary N) is 1. The van der Waals surface area contributed by atoms with E-state index < -0.39 is 11.4 Å². The number of carbonyl (C=O) groups is 1. The number of aliphatic carboxylic acids is 1. The van der Waals surface area contributed by atoms with Crippen LogP contribution in [0.2, 0.25) is 0 Å². The topological polar surface area (TPSA) is 49.3 Å². The molecule has 6 rings (SSSR count). The molecule has 0 aromatic heterocycles. The van der Waals surface area contributed by atoms with E-state index in [1.807, 2.05) is 30.3 Å². The summed E-state index contributed by atoms with van der Waals surface area (Å²) in [5, 5.41) is 14.0. The quantitative estimate of drug-likeness (QED) is 0.845. The molecular formula is C23H31NO2. The van der Waals surface area contributed by atoms with Crippen molar-refractivity contribution in [2.75, 3.05) is 0 Å². The average molecular weight is 354 g/mol. The molecular weight excluding hydrogens is 322 g/mol. The van der Waals surface area contributed by atoms with Crippen molar-refractivity contribution in [1.82, 2.24) is 5.32 Å². The number of carboxylic acid groups (broad SMARTS) is 1. The van der Waals surface area contributed by atoms with Crippen LogP contribution >= 0.6 is 0 Å². The molecule has 0 aliphatic heterocycles. The average Bonchev–Trinajstić information content (AvgIpc) is 2.65. The SMILES string of the molecule is O=C(O)C1(c2ccccc2)CCC(NC2C3CC4CC(C3)CC2C4)CC1. The molecule has 5 fully saturated rings. The van der Waals surface area contributed by atoms with E-state index in [0.717, 1.165) is 54.9 Å². The Morgan fingerprint density at radius 2 is 1.50 bits per heavy atom. The molecule has 5 aliphatic carbocycles. The van der Waals surface area contributed by atoms with Gasteiger partial charge in [-0.15, -0.1) is 0 Å². The minimum atomic E-state index is -0.677. The molecule has 26 heavy (non-hydrogen) atoms. The van der Waals surface area contributed by atoms with E-state index in [2.05, 4.69) is 5.32 Å². The fraction of sp³-hybridized carbons (Fsp3) is 0.696. The monoisotopic (exact) mass is 353 g/mol. The molecule has 2 N–H and O–H groups in total. The normalized spacial score (nSPS) is 44.2. The molecule has 0 saturated heterocycles. The summed E-state index contributed by atoms with van der Waals surface area (Å²) < 4.78 is 0. The van der Waals surface area contributed by atoms with Crippen LogP contribution in [0.4, 0.5) is 0 Å². The highest BCUT2D eigenvalue weighted by atomic mass is 16.4. The summed E-state index contributed by atoms with van der Waals surface area (Å²) in [7, 11) is 0. The van der Waals surface area contributed by atoms with E-state index in [0.29, 0.717) is 12.1 Å². The van der Waals surface area contributed by atoms with Gasteiger partial charge in [-0.2, -0.15) is 0 Å². The number of carboxylic acids is 1. The molecule has 3 heteroatoms. The van der Waals surface area contributed by atoms with Gasteiger partial charge in [0.15, 0.2) is 0 Å². The lowest BCUT2D eigenvalue weighted by molar-refractivity contribution is -0.145. The molecule has 4 bridgehead atoms. The van der Waals surface area contributed by atoms with Crippen molar-refractivity contribution in [1.29, 1.82) is 0 Å². The predicted molar refractivity (Wildman–Crippen MR) is 102 cm³/mol. The van der Waals surface area contributed by atoms with Gasteiger partial charge in [0.25, 0.3) is 0 Å². The number of hydrogen-bond acceptors (Lipinski definition) is 2. The number of hydrogen-bond donors (Lipinski definition) is 2. The van der Waals surface area contributed by atoms with Crippen molar-refractivity contribution >= 4 is 5.97 Å². The zero-order valence-electron chi connectivity index (χ0n) is 15.6. The van der Waals surface area contributed by atoms with Gasteiger partial charge in [-0.3, -0.25) is 4.79 Å². The Hall–Kier alpha value is -1.35. The highest BCUT2D eigenvalue weighted by Crippen LogP contribution is 2.54. The second-order valence-electron chi connectivity index (χ2n) is 9.65. The van der Waals surface area contributed by atoms with Crippen LogP contribution < -0.4 is 5.32 Å². The summed E-state index contributed by atoms with van der Waals surface area (Å²) in [4.78, 5) is 12.2. The highest BCUT2D eigenvalue weighted by molar-refractivity contribution is 5.81. The highest BCUT2D eigenvalue weighted by Gasteiger charge is 2.49. The molecule has 1 aromatic rings. The first-order valence-corrected chi connectivity index (χ1v) is 10.7. The fourth-order valence-electron chi connectivity index (χ4n) is 7.13. The summed E-state index contributed by atoms with van der Waals surface area (Å²) in [6.45, 7) is 0. The molecule has 140 valence electrons. The third kappa shape index (κ3) is 2.70. The molecule has 5 aliphatic rings. The Morgan fingerprint density at radius 3 is 2.04 bits per heavy atom. The van der Waals surface area contributed by atoms with Gasteiger partial charge < -0.3 is 10.4 Å². The standard InChI is InChI=1S/C23H31NO2/c25-22(26)23(19-4-2-1-3-5-19)8-6-20(7-9-23)24-21-17-11-15-10-16(13-17)14-18(21)12-15/h1-5,15-18,20-21,24H,6-14H2,(H,25,26). The van der Waals surface area contributed by atoms with E-state index >= 15 is 0 Å². The zero-order valence-corrected chi connectivity index (χ0v) is 15.6. The van der Waals surface area contributed by atoms with Gasteiger partial charge in [0.2, 0.25) is 0 Å². The Balaban J connectivity index is 1.26. The number of benzene rings is 1. The van der Waals surface area contributed by atoms with Crippen molar-refractivity contribution in [3.05, 3.63) is 35.9 Å². The second-order valence-corrected chi connectivity index (χ2v) is 9.65. The lowest BCUT2D eigenvalue weighted by Gasteiger charge is -2.55. The van der Waals surface area contributed by atoms with Crippen LogP contribution in [0.25, 0.3) is 0 Å². The van der Waals surface area contributed by atoms with Crippen molar-refractivity contribution in [2.24, 2.45) is 23.7 Å². The van der Waals surface area contributed by atoms with Crippen molar-refractivity contribution in [3.63, 3.8) is 0 Å². The van der Waals surface area contributed by atoms with Gasteiger partial charge in [0, 0.05) is 12.1 Å².